The molecule has 0 saturated heterocycles. The maximum absolute atomic E-state index is 2.61. The Labute approximate surface area is 259 Å². The molecule has 1 aliphatic rings. The van der Waals surface area contributed by atoms with E-state index in [1.54, 1.807) is 21.9 Å². The summed E-state index contributed by atoms with van der Waals surface area (Å²) in [7, 11) is -1.81. The van der Waals surface area contributed by atoms with Crippen molar-refractivity contribution < 1.29 is 57.7 Å². The molecule has 0 N–H and O–H groups in total. The Morgan fingerprint density at radius 2 is 1.24 bits per heavy atom. The molecule has 0 spiro atoms. The molecule has 0 saturated carbocycles. The summed E-state index contributed by atoms with van der Waals surface area (Å²) >= 11 is 2.52. The Kier molecular flexibility index (Phi) is 18.0. The molecule has 1 aliphatic carbocycles. The van der Waals surface area contributed by atoms with Gasteiger partial charge in [-0.1, -0.05) is 0 Å². The van der Waals surface area contributed by atoms with Crippen LogP contribution in [-0.2, 0) is 39.7 Å². The van der Waals surface area contributed by atoms with E-state index in [1.165, 1.54) is 69.8 Å². The van der Waals surface area contributed by atoms with Gasteiger partial charge >= 0.3 is 224 Å². The van der Waals surface area contributed by atoms with E-state index < -0.39 is 8.07 Å². The minimum absolute atomic E-state index is 0. The summed E-state index contributed by atoms with van der Waals surface area (Å²) in [6.07, 6.45) is 21.5. The van der Waals surface area contributed by atoms with Crippen molar-refractivity contribution in [3.8, 4) is 0 Å². The average Bonchev–Trinajstić information content (AvgIpc) is 3.22. The summed E-state index contributed by atoms with van der Waals surface area (Å²) in [6.45, 7) is 9.83. The van der Waals surface area contributed by atoms with Gasteiger partial charge in [0.25, 0.3) is 0 Å². The van der Waals surface area contributed by atoms with Crippen molar-refractivity contribution >= 4 is 13.3 Å². The van der Waals surface area contributed by atoms with Gasteiger partial charge in [-0.25, -0.2) is 0 Å². The third-order valence-corrected chi connectivity index (χ3v) is 15.7. The molecule has 2 aromatic carbocycles. The fraction of sp³-hybridized carbons (Fsp3) is 0.500. The van der Waals surface area contributed by atoms with Crippen molar-refractivity contribution in [2.45, 2.75) is 101 Å². The smallest absolute Gasteiger partial charge is 1.00 e. The van der Waals surface area contributed by atoms with Crippen molar-refractivity contribution in [2.75, 3.05) is 0 Å². The molecular weight excluding hydrogens is 567 g/mol. The van der Waals surface area contributed by atoms with E-state index in [4.69, 9.17) is 0 Å². The van der Waals surface area contributed by atoms with Crippen molar-refractivity contribution in [3.05, 3.63) is 89.0 Å². The van der Waals surface area contributed by atoms with Gasteiger partial charge < -0.3 is 37.2 Å². The molecule has 3 rings (SSSR count). The van der Waals surface area contributed by atoms with E-state index in [0.29, 0.717) is 0 Å². The van der Waals surface area contributed by atoms with Crippen LogP contribution in [-0.4, -0.2) is 8.07 Å². The van der Waals surface area contributed by atoms with Gasteiger partial charge in [-0.3, -0.25) is 0 Å². The molecule has 1 unspecified atom stereocenters. The van der Waals surface area contributed by atoms with Gasteiger partial charge in [-0.05, 0) is 0 Å². The first-order chi connectivity index (χ1) is 16.4. The maximum atomic E-state index is 2.61. The van der Waals surface area contributed by atoms with Crippen LogP contribution in [0.15, 0.2) is 72.3 Å². The molecule has 0 amide bonds. The second kappa shape index (κ2) is 18.1. The fourth-order valence-corrected chi connectivity index (χ4v) is 9.45. The molecule has 5 heteroatoms. The zero-order chi connectivity index (χ0) is 24.4. The quantitative estimate of drug-likeness (QED) is 0.206. The number of benzene rings is 2. The van der Waals surface area contributed by atoms with Crippen LogP contribution in [0.3, 0.4) is 0 Å². The molecule has 0 fully saturated rings. The minimum Gasteiger partial charge on any atom is -1.00 e. The zero-order valence-corrected chi connectivity index (χ0v) is 28.1. The van der Waals surface area contributed by atoms with E-state index >= 15 is 0 Å². The molecular formula is C32H45Cl3SiTi. The van der Waals surface area contributed by atoms with Crippen LogP contribution in [0.2, 0.25) is 16.4 Å². The van der Waals surface area contributed by atoms with E-state index in [0.717, 1.165) is 6.42 Å². The van der Waals surface area contributed by atoms with Crippen LogP contribution < -0.4 is 42.4 Å². The Hall–Kier alpha value is -0.279. The number of aryl methyl sites for hydroxylation is 2. The molecule has 0 aliphatic heterocycles. The van der Waals surface area contributed by atoms with Crippen molar-refractivity contribution in [1.82, 2.24) is 0 Å². The van der Waals surface area contributed by atoms with E-state index in [9.17, 15) is 0 Å². The van der Waals surface area contributed by atoms with Crippen molar-refractivity contribution in [2.24, 2.45) is 0 Å². The SMILES string of the molecule is CCCCCCc1cc(CCCCCC)cc([Si](C)(C)[C]2([Ti+3])C=CC=C2Cc2ccccc2)c1.[Cl-].[Cl-].[Cl-]. The van der Waals surface area contributed by atoms with Crippen molar-refractivity contribution in [3.63, 3.8) is 0 Å². The van der Waals surface area contributed by atoms with E-state index in [1.807, 2.05) is 0 Å². The van der Waals surface area contributed by atoms with E-state index in [-0.39, 0.29) is 40.6 Å². The first-order valence-corrected chi connectivity index (χ1v) is 17.5. The molecule has 2 aromatic rings. The Balaban J connectivity index is 0.00000432. The van der Waals surface area contributed by atoms with Gasteiger partial charge in [0, 0.05) is 0 Å². The third kappa shape index (κ3) is 10.0. The van der Waals surface area contributed by atoms with Gasteiger partial charge in [0.2, 0.25) is 0 Å². The summed E-state index contributed by atoms with van der Waals surface area (Å²) in [4.78, 5) is 0. The Bertz CT molecular complexity index is 941. The maximum Gasteiger partial charge on any atom is -1.00 e. The van der Waals surface area contributed by atoms with Gasteiger partial charge in [0.15, 0.2) is 0 Å². The van der Waals surface area contributed by atoms with Crippen LogP contribution >= 0.6 is 0 Å². The van der Waals surface area contributed by atoms with Gasteiger partial charge in [-0.15, -0.1) is 0 Å². The second-order valence-corrected chi connectivity index (χ2v) is 17.4. The first kappa shape index (κ1) is 36.7. The molecule has 1 atom stereocenters. The van der Waals surface area contributed by atoms with Gasteiger partial charge in [0.05, 0.1) is 0 Å². The number of hydrogen-bond acceptors (Lipinski definition) is 0. The van der Waals surface area contributed by atoms with Crippen LogP contribution in [0, 0.1) is 0 Å². The minimum atomic E-state index is -1.81. The summed E-state index contributed by atoms with van der Waals surface area (Å²) in [5.74, 6) is 0. The molecule has 0 radical (unpaired) electrons. The van der Waals surface area contributed by atoms with Crippen LogP contribution in [0.1, 0.15) is 81.9 Å². The summed E-state index contributed by atoms with van der Waals surface area (Å²) in [6, 6.07) is 18.8. The van der Waals surface area contributed by atoms with Crippen LogP contribution in [0.25, 0.3) is 0 Å². The molecule has 0 nitrogen and oxygen atoms in total. The molecule has 37 heavy (non-hydrogen) atoms. The van der Waals surface area contributed by atoms with Crippen molar-refractivity contribution in [1.29, 1.82) is 0 Å². The standard InChI is InChI=1S/C32H45Si.3ClH.Ti/c1-5-7-9-12-19-28-23-29(20-13-10-8-6-2)26-31(25-28)33(3,4)32-22-16-21-30(32)24-27-17-14-11-15-18-27;;;;/h11,14-18,21-23,25-26H,5-10,12-13,19-20,24H2,1-4H3;3*1H;/q;;;;+3/p-3. The number of halogens is 3. The zero-order valence-electron chi connectivity index (χ0n) is 23.3. The number of unbranched alkanes of at least 4 members (excludes halogenated alkanes) is 6. The second-order valence-electron chi connectivity index (χ2n) is 10.8. The number of allylic oxidation sites excluding steroid dienone is 4. The normalized spacial score (nSPS) is 16.4. The third-order valence-electron chi connectivity index (χ3n) is 7.79. The average molecular weight is 612 g/mol. The van der Waals surface area contributed by atoms with Gasteiger partial charge in [0.1, 0.15) is 0 Å². The molecule has 0 aromatic heterocycles. The van der Waals surface area contributed by atoms with E-state index in [2.05, 4.69) is 114 Å². The predicted octanol–water partition coefficient (Wildman–Crippen LogP) is -0.157. The summed E-state index contributed by atoms with van der Waals surface area (Å²) in [5.41, 5.74) is 6.18. The largest absolute Gasteiger partial charge is 1.00 e. The monoisotopic (exact) mass is 610 g/mol. The predicted molar refractivity (Wildman–Crippen MR) is 149 cm³/mol. The van der Waals surface area contributed by atoms with Crippen LogP contribution in [0.4, 0.5) is 0 Å². The molecule has 0 heterocycles. The number of rotatable bonds is 14. The first-order valence-electron chi connectivity index (χ1n) is 13.7. The van der Waals surface area contributed by atoms with Crippen LogP contribution in [0.5, 0.6) is 0 Å². The molecule has 202 valence electrons. The summed E-state index contributed by atoms with van der Waals surface area (Å²) in [5, 5.41) is 1.65. The Morgan fingerprint density at radius 3 is 1.76 bits per heavy atom. The Morgan fingerprint density at radius 1 is 0.703 bits per heavy atom. The fourth-order valence-electron chi connectivity index (χ4n) is 5.32. The summed E-state index contributed by atoms with van der Waals surface area (Å²) < 4.78 is 0.156. The topological polar surface area (TPSA) is 0 Å². The molecule has 0 bridgehead atoms. The van der Waals surface area contributed by atoms with Gasteiger partial charge in [-0.2, -0.15) is 0 Å². The number of hydrogen-bond donors (Lipinski definition) is 0.